The first-order chi connectivity index (χ1) is 21.3. The van der Waals surface area contributed by atoms with Crippen LogP contribution in [0.15, 0.2) is 118 Å². The molecule has 7 nitrogen and oxygen atoms in total. The number of hydrogen-bond acceptors (Lipinski definition) is 6. The van der Waals surface area contributed by atoms with Gasteiger partial charge < -0.3 is 15.4 Å². The minimum absolute atomic E-state index is 0.248. The van der Waals surface area contributed by atoms with Gasteiger partial charge in [0.15, 0.2) is 0 Å². The first-order valence-electron chi connectivity index (χ1n) is 14.0. The number of benzene rings is 4. The van der Waals surface area contributed by atoms with E-state index >= 15 is 0 Å². The van der Waals surface area contributed by atoms with Crippen LogP contribution in [0, 0.1) is 12.7 Å². The Labute approximate surface area is 267 Å². The van der Waals surface area contributed by atoms with Crippen molar-refractivity contribution in [2.24, 2.45) is 0 Å². The van der Waals surface area contributed by atoms with Crippen molar-refractivity contribution in [3.63, 3.8) is 0 Å². The zero-order valence-electron chi connectivity index (χ0n) is 24.1. The van der Waals surface area contributed by atoms with Crippen molar-refractivity contribution in [1.29, 1.82) is 0 Å². The molecule has 4 aromatic carbocycles. The number of ether oxygens (including phenoxy) is 1. The topological polar surface area (TPSA) is 81.1 Å². The number of carbonyl (C=O) groups excluding carboxylic acids is 1. The first-order valence-corrected chi connectivity index (χ1v) is 15.8. The van der Waals surface area contributed by atoms with Crippen molar-refractivity contribution in [1.82, 2.24) is 14.8 Å². The highest BCUT2D eigenvalue weighted by Gasteiger charge is 2.34. The Morgan fingerprint density at radius 1 is 1.02 bits per heavy atom. The highest BCUT2D eigenvalue weighted by molar-refractivity contribution is 9.10. The van der Waals surface area contributed by atoms with Crippen molar-refractivity contribution in [3.8, 4) is 5.75 Å². The van der Waals surface area contributed by atoms with Gasteiger partial charge in [0, 0.05) is 21.6 Å². The van der Waals surface area contributed by atoms with Crippen LogP contribution >= 0.6 is 27.7 Å². The quantitative estimate of drug-likeness (QED) is 0.154. The molecule has 0 radical (unpaired) electrons. The third kappa shape index (κ3) is 6.71. The molecular formula is C34H29BrFN5O2S. The van der Waals surface area contributed by atoms with Crippen LogP contribution in [-0.4, -0.2) is 20.7 Å². The predicted octanol–water partition coefficient (Wildman–Crippen LogP) is 8.29. The number of thioether (sulfide) groups is 1. The zero-order valence-corrected chi connectivity index (χ0v) is 26.5. The zero-order chi connectivity index (χ0) is 30.6. The van der Waals surface area contributed by atoms with E-state index in [9.17, 15) is 9.18 Å². The minimum atomic E-state index is -0.564. The standard InChI is InChI=1S/C34H29BrFN5O2S/c1-21-7-5-11-27(17-21)38-32(42)30-22(2)37-33-39-34(44-20-25-9-3-4-12-29(25)36)40-41(33)31(30)24-13-15-28(16-14-24)43-19-23-8-6-10-26(35)18-23/h3-18,31H,19-20H2,1-2H3,(H,38,42)(H,37,39,40). The van der Waals surface area contributed by atoms with Crippen LogP contribution in [0.2, 0.25) is 0 Å². The maximum absolute atomic E-state index is 14.3. The Kier molecular flexibility index (Phi) is 8.81. The second kappa shape index (κ2) is 13.1. The number of hydrogen-bond donors (Lipinski definition) is 2. The molecule has 1 unspecified atom stereocenters. The average molecular weight is 671 g/mol. The summed E-state index contributed by atoms with van der Waals surface area (Å²) < 4.78 is 23.0. The number of aromatic nitrogens is 3. The lowest BCUT2D eigenvalue weighted by Crippen LogP contribution is -2.31. The number of rotatable bonds is 9. The molecule has 10 heteroatoms. The summed E-state index contributed by atoms with van der Waals surface area (Å²) in [4.78, 5) is 18.5. The largest absolute Gasteiger partial charge is 0.489 e. The van der Waals surface area contributed by atoms with Crippen molar-refractivity contribution >= 4 is 45.2 Å². The number of nitrogens with zero attached hydrogens (tertiary/aromatic N) is 3. The maximum atomic E-state index is 14.3. The molecule has 0 aliphatic carbocycles. The molecule has 0 spiro atoms. The first kappa shape index (κ1) is 29.7. The van der Waals surface area contributed by atoms with E-state index in [0.29, 0.717) is 51.7 Å². The van der Waals surface area contributed by atoms with Crippen molar-refractivity contribution in [2.45, 2.75) is 37.4 Å². The molecule has 1 aliphatic heterocycles. The predicted molar refractivity (Wildman–Crippen MR) is 175 cm³/mol. The summed E-state index contributed by atoms with van der Waals surface area (Å²) in [6, 6.07) is 29.4. The molecule has 2 heterocycles. The maximum Gasteiger partial charge on any atom is 0.255 e. The number of fused-ring (bicyclic) bond motifs is 1. The van der Waals surface area contributed by atoms with Gasteiger partial charge in [-0.05, 0) is 78.6 Å². The van der Waals surface area contributed by atoms with E-state index < -0.39 is 6.04 Å². The lowest BCUT2D eigenvalue weighted by Gasteiger charge is -2.28. The third-order valence-electron chi connectivity index (χ3n) is 7.16. The van der Waals surface area contributed by atoms with Crippen LogP contribution in [0.3, 0.4) is 0 Å². The van der Waals surface area contributed by atoms with Crippen LogP contribution in [0.5, 0.6) is 5.75 Å². The Hall–Kier alpha value is -4.41. The van der Waals surface area contributed by atoms with Crippen molar-refractivity contribution in [3.05, 3.63) is 141 Å². The molecule has 1 aliphatic rings. The fourth-order valence-electron chi connectivity index (χ4n) is 5.01. The van der Waals surface area contributed by atoms with Gasteiger partial charge in [0.25, 0.3) is 5.91 Å². The van der Waals surface area contributed by atoms with Gasteiger partial charge in [-0.15, -0.1) is 5.10 Å². The molecule has 2 N–H and O–H groups in total. The second-order valence-corrected chi connectivity index (χ2v) is 12.3. The molecule has 1 atom stereocenters. The third-order valence-corrected chi connectivity index (χ3v) is 8.54. The molecule has 6 rings (SSSR count). The summed E-state index contributed by atoms with van der Waals surface area (Å²) in [5.74, 6) is 1.06. The van der Waals surface area contributed by atoms with Gasteiger partial charge in [-0.2, -0.15) is 4.98 Å². The van der Waals surface area contributed by atoms with Crippen molar-refractivity contribution < 1.29 is 13.9 Å². The highest BCUT2D eigenvalue weighted by Crippen LogP contribution is 2.38. The van der Waals surface area contributed by atoms with E-state index in [2.05, 4.69) is 31.5 Å². The van der Waals surface area contributed by atoms with Gasteiger partial charge >= 0.3 is 0 Å². The fraction of sp³-hybridized carbons (Fsp3) is 0.147. The van der Waals surface area contributed by atoms with E-state index in [0.717, 1.165) is 21.2 Å². The van der Waals surface area contributed by atoms with Crippen LogP contribution < -0.4 is 15.4 Å². The number of halogens is 2. The number of nitrogens with one attached hydrogen (secondary N) is 2. The number of aryl methyl sites for hydroxylation is 1. The van der Waals surface area contributed by atoms with Crippen molar-refractivity contribution in [2.75, 3.05) is 10.6 Å². The van der Waals surface area contributed by atoms with Crippen LogP contribution in [0.1, 0.15) is 35.2 Å². The van der Waals surface area contributed by atoms with E-state index in [1.807, 2.05) is 86.6 Å². The van der Waals surface area contributed by atoms with Gasteiger partial charge in [-0.1, -0.05) is 82.3 Å². The van der Waals surface area contributed by atoms with Gasteiger partial charge in [-0.25, -0.2) is 9.07 Å². The second-order valence-electron chi connectivity index (χ2n) is 10.4. The summed E-state index contributed by atoms with van der Waals surface area (Å²) in [5.41, 5.74) is 5.38. The van der Waals surface area contributed by atoms with Gasteiger partial charge in [0.2, 0.25) is 11.1 Å². The average Bonchev–Trinajstić information content (AvgIpc) is 3.41. The highest BCUT2D eigenvalue weighted by atomic mass is 79.9. The van der Waals surface area contributed by atoms with Crippen LogP contribution in [-0.2, 0) is 17.2 Å². The van der Waals surface area contributed by atoms with E-state index in [4.69, 9.17) is 9.84 Å². The summed E-state index contributed by atoms with van der Waals surface area (Å²) in [7, 11) is 0. The molecular weight excluding hydrogens is 641 g/mol. The number of carbonyl (C=O) groups is 1. The molecule has 0 saturated carbocycles. The molecule has 5 aromatic rings. The number of anilines is 2. The Morgan fingerprint density at radius 2 is 1.82 bits per heavy atom. The SMILES string of the molecule is CC1=C(C(=O)Nc2cccc(C)c2)C(c2ccc(OCc3cccc(Br)c3)cc2)n2nc(SCc3ccccc3F)nc2N1. The molecule has 0 saturated heterocycles. The molecule has 0 fully saturated rings. The molecule has 1 aromatic heterocycles. The van der Waals surface area contributed by atoms with Crippen LogP contribution in [0.4, 0.5) is 16.0 Å². The fourth-order valence-corrected chi connectivity index (χ4v) is 6.28. The lowest BCUT2D eigenvalue weighted by molar-refractivity contribution is -0.113. The van der Waals surface area contributed by atoms with Gasteiger partial charge in [0.1, 0.15) is 24.2 Å². The summed E-state index contributed by atoms with van der Waals surface area (Å²) in [6.45, 7) is 4.26. The normalized spacial score (nSPS) is 14.1. The van der Waals surface area contributed by atoms with E-state index in [1.165, 1.54) is 17.8 Å². The van der Waals surface area contributed by atoms with E-state index in [1.54, 1.807) is 22.9 Å². The van der Waals surface area contributed by atoms with Gasteiger partial charge in [-0.3, -0.25) is 4.79 Å². The minimum Gasteiger partial charge on any atom is -0.489 e. The molecule has 222 valence electrons. The molecule has 0 bridgehead atoms. The molecule has 44 heavy (non-hydrogen) atoms. The Bertz CT molecular complexity index is 1860. The van der Waals surface area contributed by atoms with Gasteiger partial charge in [0.05, 0.1) is 5.57 Å². The number of amides is 1. The summed E-state index contributed by atoms with van der Waals surface area (Å²) in [5, 5.41) is 11.6. The van der Waals surface area contributed by atoms with E-state index in [-0.39, 0.29) is 11.7 Å². The lowest BCUT2D eigenvalue weighted by atomic mass is 9.95. The van der Waals surface area contributed by atoms with Crippen LogP contribution in [0.25, 0.3) is 0 Å². The Morgan fingerprint density at radius 3 is 2.59 bits per heavy atom. The monoisotopic (exact) mass is 669 g/mol. The molecule has 1 amide bonds. The summed E-state index contributed by atoms with van der Waals surface area (Å²) >= 11 is 4.83. The number of allylic oxidation sites excluding steroid dienone is 1. The summed E-state index contributed by atoms with van der Waals surface area (Å²) in [6.07, 6.45) is 0. The smallest absolute Gasteiger partial charge is 0.255 e. The Balaban J connectivity index is 1.30.